The van der Waals surface area contributed by atoms with Crippen LogP contribution in [0.3, 0.4) is 0 Å². The van der Waals surface area contributed by atoms with E-state index >= 15 is 0 Å². The zero-order chi connectivity index (χ0) is 20.4. The minimum atomic E-state index is -4.63. The Morgan fingerprint density at radius 3 is 2.63 bits per heavy atom. The van der Waals surface area contributed by atoms with Crippen molar-refractivity contribution in [3.8, 4) is 0 Å². The lowest BCUT2D eigenvalue weighted by Crippen LogP contribution is -2.34. The molecule has 0 radical (unpaired) electrons. The molecule has 5 nitrogen and oxygen atoms in total. The summed E-state index contributed by atoms with van der Waals surface area (Å²) in [6, 6.07) is 4.48. The summed E-state index contributed by atoms with van der Waals surface area (Å²) < 4.78 is 57.1. The van der Waals surface area contributed by atoms with Gasteiger partial charge >= 0.3 is 11.4 Å². The Labute approximate surface area is 169 Å². The van der Waals surface area contributed by atoms with Gasteiger partial charge in [0.2, 0.25) is 0 Å². The number of carbonyl (C=O) groups is 1. The average Bonchev–Trinajstić information content (AvgIpc) is 2.60. The van der Waals surface area contributed by atoms with Crippen molar-refractivity contribution in [2.75, 3.05) is 18.7 Å². The molecule has 0 saturated heterocycles. The van der Waals surface area contributed by atoms with Crippen molar-refractivity contribution < 1.29 is 26.9 Å². The number of carbonyl (C=O) groups excluding carboxylic acids is 1. The van der Waals surface area contributed by atoms with Crippen molar-refractivity contribution in [2.45, 2.75) is 18.0 Å². The van der Waals surface area contributed by atoms with Crippen LogP contribution in [0.1, 0.15) is 11.1 Å². The number of benzene rings is 1. The fourth-order valence-electron chi connectivity index (χ4n) is 2.17. The Bertz CT molecular complexity index is 896. The molecule has 0 aliphatic heterocycles. The Hall–Kier alpha value is -1.49. The molecule has 11 heteroatoms. The van der Waals surface area contributed by atoms with Gasteiger partial charge in [0, 0.05) is 18.2 Å². The number of hydrogen-bond donors (Lipinski definition) is 0. The van der Waals surface area contributed by atoms with Crippen molar-refractivity contribution in [2.24, 2.45) is 0 Å². The number of anilines is 1. The topological polar surface area (TPSA) is 59.5 Å². The van der Waals surface area contributed by atoms with Crippen molar-refractivity contribution >= 4 is 49.3 Å². The average molecular weight is 486 g/mol. The van der Waals surface area contributed by atoms with Crippen LogP contribution in [0.4, 0.5) is 23.7 Å². The first-order chi connectivity index (χ1) is 12.6. The van der Waals surface area contributed by atoms with Gasteiger partial charge in [-0.3, -0.25) is 9.69 Å². The SMILES string of the molecule is COCN(C(=O)S(=O)c1ccc(C)c(C(F)(F)F)c1)c1cc(Cl)cnc1Br. The minimum Gasteiger partial charge on any atom is -0.364 e. The fourth-order valence-corrected chi connectivity index (χ4v) is 3.73. The van der Waals surface area contributed by atoms with Gasteiger partial charge in [-0.25, -0.2) is 9.19 Å². The number of pyridine rings is 1. The van der Waals surface area contributed by atoms with E-state index in [4.69, 9.17) is 16.3 Å². The first-order valence-corrected chi connectivity index (χ1v) is 9.59. The Morgan fingerprint density at radius 2 is 2.04 bits per heavy atom. The minimum absolute atomic E-state index is 0.0359. The fraction of sp³-hybridized carbons (Fsp3) is 0.250. The molecule has 1 aromatic carbocycles. The van der Waals surface area contributed by atoms with Crippen molar-refractivity contribution in [3.05, 3.63) is 51.2 Å². The predicted octanol–water partition coefficient (Wildman–Crippen LogP) is 5.16. The lowest BCUT2D eigenvalue weighted by molar-refractivity contribution is -0.138. The second-order valence-corrected chi connectivity index (χ2v) is 7.86. The van der Waals surface area contributed by atoms with Crippen LogP contribution in [-0.2, 0) is 21.7 Å². The maximum absolute atomic E-state index is 13.1. The van der Waals surface area contributed by atoms with Crippen LogP contribution in [0.25, 0.3) is 0 Å². The van der Waals surface area contributed by atoms with Crippen LogP contribution < -0.4 is 4.90 Å². The number of amides is 1. The third kappa shape index (κ3) is 5.07. The first-order valence-electron chi connectivity index (χ1n) is 7.27. The number of rotatable bonds is 4. The lowest BCUT2D eigenvalue weighted by atomic mass is 10.1. The maximum atomic E-state index is 13.1. The second kappa shape index (κ2) is 8.68. The molecule has 2 rings (SSSR count). The molecule has 146 valence electrons. The van der Waals surface area contributed by atoms with E-state index in [0.29, 0.717) is 6.07 Å². The molecule has 0 spiro atoms. The highest BCUT2D eigenvalue weighted by Gasteiger charge is 2.34. The van der Waals surface area contributed by atoms with Crippen LogP contribution in [0.15, 0.2) is 40.0 Å². The molecule has 27 heavy (non-hydrogen) atoms. The molecule has 1 heterocycles. The van der Waals surface area contributed by atoms with E-state index in [1.165, 1.54) is 38.4 Å². The molecule has 0 N–H and O–H groups in total. The Kier molecular flexibility index (Phi) is 7.01. The summed E-state index contributed by atoms with van der Waals surface area (Å²) in [5, 5.41) is -0.763. The normalized spacial score (nSPS) is 12.7. The number of nitrogens with zero attached hydrogens (tertiary/aromatic N) is 2. The summed E-state index contributed by atoms with van der Waals surface area (Å²) in [6.07, 6.45) is -3.30. The van der Waals surface area contributed by atoms with Gasteiger partial charge in [0.05, 0.1) is 16.3 Å². The molecule has 0 bridgehead atoms. The van der Waals surface area contributed by atoms with E-state index in [0.717, 1.165) is 4.90 Å². The van der Waals surface area contributed by atoms with E-state index in [2.05, 4.69) is 20.9 Å². The van der Waals surface area contributed by atoms with Crippen LogP contribution in [0.2, 0.25) is 5.02 Å². The third-order valence-corrected chi connectivity index (χ3v) is 5.48. The Balaban J connectivity index is 2.44. The number of aromatic nitrogens is 1. The molecule has 1 atom stereocenters. The maximum Gasteiger partial charge on any atom is 0.416 e. The van der Waals surface area contributed by atoms with Crippen molar-refractivity contribution in [1.82, 2.24) is 4.98 Å². The number of halogens is 5. The number of aryl methyl sites for hydroxylation is 1. The standard InChI is InChI=1S/C16H13BrClF3N2O3S/c1-9-3-4-11(6-12(9)16(19,20)21)27(25)15(24)23(8-26-2)13-5-10(18)7-22-14(13)17/h3-7H,8H2,1-2H3. The smallest absolute Gasteiger partial charge is 0.364 e. The van der Waals surface area contributed by atoms with E-state index < -0.39 is 27.8 Å². The van der Waals surface area contributed by atoms with Gasteiger partial charge in [-0.1, -0.05) is 17.7 Å². The van der Waals surface area contributed by atoms with E-state index in [9.17, 15) is 22.2 Å². The molecule has 1 unspecified atom stereocenters. The van der Waals surface area contributed by atoms with Crippen molar-refractivity contribution in [1.29, 1.82) is 0 Å². The summed E-state index contributed by atoms with van der Waals surface area (Å²) in [5.74, 6) is 0. The third-order valence-electron chi connectivity index (χ3n) is 3.44. The van der Waals surface area contributed by atoms with Crippen LogP contribution in [0.5, 0.6) is 0 Å². The van der Waals surface area contributed by atoms with Gasteiger partial charge in [-0.2, -0.15) is 13.2 Å². The molecular formula is C16H13BrClF3N2O3S. The number of hydrogen-bond acceptors (Lipinski definition) is 4. The van der Waals surface area contributed by atoms with Crippen LogP contribution >= 0.6 is 27.5 Å². The highest BCUT2D eigenvalue weighted by atomic mass is 79.9. The monoisotopic (exact) mass is 484 g/mol. The van der Waals surface area contributed by atoms with Gasteiger partial charge in [0.25, 0.3) is 0 Å². The second-order valence-electron chi connectivity index (χ2n) is 5.32. The quantitative estimate of drug-likeness (QED) is 0.443. The first kappa shape index (κ1) is 21.8. The van der Waals surface area contributed by atoms with Crippen LogP contribution in [-0.4, -0.2) is 28.3 Å². The molecule has 0 aliphatic carbocycles. The highest BCUT2D eigenvalue weighted by molar-refractivity contribution is 9.10. The predicted molar refractivity (Wildman–Crippen MR) is 99.3 cm³/mol. The molecule has 2 aromatic rings. The molecule has 0 aliphatic rings. The summed E-state index contributed by atoms with van der Waals surface area (Å²) >= 11 is 9.04. The van der Waals surface area contributed by atoms with E-state index in [-0.39, 0.29) is 32.5 Å². The largest absolute Gasteiger partial charge is 0.416 e. The molecular weight excluding hydrogens is 473 g/mol. The number of methoxy groups -OCH3 is 1. The number of ether oxygens (including phenoxy) is 1. The van der Waals surface area contributed by atoms with Crippen LogP contribution in [0, 0.1) is 6.92 Å². The van der Waals surface area contributed by atoms with Gasteiger partial charge in [0.15, 0.2) is 0 Å². The molecule has 1 aromatic heterocycles. The summed E-state index contributed by atoms with van der Waals surface area (Å²) in [5.41, 5.74) is -0.817. The van der Waals surface area contributed by atoms with E-state index in [1.54, 1.807) is 0 Å². The lowest BCUT2D eigenvalue weighted by Gasteiger charge is -2.22. The summed E-state index contributed by atoms with van der Waals surface area (Å²) in [6.45, 7) is 0.979. The van der Waals surface area contributed by atoms with Gasteiger partial charge in [-0.05, 0) is 46.6 Å². The summed E-state index contributed by atoms with van der Waals surface area (Å²) in [7, 11) is -1.10. The summed E-state index contributed by atoms with van der Waals surface area (Å²) in [4.78, 5) is 17.4. The number of alkyl halides is 3. The zero-order valence-corrected chi connectivity index (χ0v) is 17.2. The van der Waals surface area contributed by atoms with Gasteiger partial charge in [0.1, 0.15) is 22.1 Å². The van der Waals surface area contributed by atoms with Crippen molar-refractivity contribution in [3.63, 3.8) is 0 Å². The Morgan fingerprint density at radius 1 is 1.37 bits per heavy atom. The molecule has 0 saturated carbocycles. The van der Waals surface area contributed by atoms with Gasteiger partial charge in [-0.15, -0.1) is 0 Å². The molecule has 0 fully saturated rings. The zero-order valence-electron chi connectivity index (χ0n) is 14.0. The highest BCUT2D eigenvalue weighted by Crippen LogP contribution is 2.34. The van der Waals surface area contributed by atoms with Gasteiger partial charge < -0.3 is 4.74 Å². The van der Waals surface area contributed by atoms with E-state index in [1.807, 2.05) is 0 Å². The molecule has 1 amide bonds.